The number of carbonyl (C=O) groups is 2. The maximum Gasteiger partial charge on any atom is 0.410 e. The molecule has 7 nitrogen and oxygen atoms in total. The molecule has 0 atom stereocenters. The molecule has 0 saturated carbocycles. The lowest BCUT2D eigenvalue weighted by Crippen LogP contribution is -2.43. The van der Waals surface area contributed by atoms with Gasteiger partial charge in [-0.25, -0.2) is 9.59 Å². The quantitative estimate of drug-likeness (QED) is 0.563. The van der Waals surface area contributed by atoms with Crippen molar-refractivity contribution in [2.75, 3.05) is 27.3 Å². The van der Waals surface area contributed by atoms with Crippen LogP contribution in [0.1, 0.15) is 39.2 Å². The molecular formula is C21H29NO6. The predicted octanol–water partition coefficient (Wildman–Crippen LogP) is 3.66. The molecule has 0 unspecified atom stereocenters. The maximum absolute atomic E-state index is 12.2. The van der Waals surface area contributed by atoms with Crippen molar-refractivity contribution < 1.29 is 28.5 Å². The average molecular weight is 391 g/mol. The van der Waals surface area contributed by atoms with Crippen molar-refractivity contribution >= 4 is 18.1 Å². The molecule has 154 valence electrons. The number of nitrogens with zero attached hydrogens (tertiary/aromatic N) is 1. The molecule has 1 saturated heterocycles. The monoisotopic (exact) mass is 391 g/mol. The SMILES string of the molecule is COc1ccc(OC)c(/C=C/C(=O)OC2CCN(C(=O)OC(C)(C)C)CC2)c1. The second-order valence-electron chi connectivity index (χ2n) is 7.54. The number of hydrogen-bond acceptors (Lipinski definition) is 6. The molecule has 28 heavy (non-hydrogen) atoms. The van der Waals surface area contributed by atoms with Crippen LogP contribution < -0.4 is 9.47 Å². The van der Waals surface area contributed by atoms with Crippen LogP contribution in [0, 0.1) is 0 Å². The van der Waals surface area contributed by atoms with Crippen molar-refractivity contribution in [1.29, 1.82) is 0 Å². The Hall–Kier alpha value is -2.70. The summed E-state index contributed by atoms with van der Waals surface area (Å²) in [4.78, 5) is 25.9. The van der Waals surface area contributed by atoms with Gasteiger partial charge in [0.15, 0.2) is 0 Å². The first-order valence-corrected chi connectivity index (χ1v) is 9.30. The molecule has 0 radical (unpaired) electrons. The number of amides is 1. The van der Waals surface area contributed by atoms with E-state index in [2.05, 4.69) is 0 Å². The third-order valence-electron chi connectivity index (χ3n) is 4.21. The first-order valence-electron chi connectivity index (χ1n) is 9.30. The van der Waals surface area contributed by atoms with Gasteiger partial charge in [-0.1, -0.05) is 0 Å². The number of esters is 1. The molecular weight excluding hydrogens is 362 g/mol. The van der Waals surface area contributed by atoms with Crippen LogP contribution in [-0.4, -0.2) is 56.0 Å². The van der Waals surface area contributed by atoms with E-state index in [1.165, 1.54) is 6.08 Å². The topological polar surface area (TPSA) is 74.3 Å². The summed E-state index contributed by atoms with van der Waals surface area (Å²) >= 11 is 0. The Morgan fingerprint density at radius 3 is 2.36 bits per heavy atom. The highest BCUT2D eigenvalue weighted by molar-refractivity contribution is 5.87. The fourth-order valence-electron chi connectivity index (χ4n) is 2.81. The van der Waals surface area contributed by atoms with Crippen molar-refractivity contribution in [2.24, 2.45) is 0 Å². The number of ether oxygens (including phenoxy) is 4. The fourth-order valence-corrected chi connectivity index (χ4v) is 2.81. The minimum atomic E-state index is -0.521. The number of rotatable bonds is 5. The summed E-state index contributed by atoms with van der Waals surface area (Å²) in [5, 5.41) is 0. The summed E-state index contributed by atoms with van der Waals surface area (Å²) in [6, 6.07) is 5.34. The van der Waals surface area contributed by atoms with Crippen LogP contribution in [0.4, 0.5) is 4.79 Å². The Morgan fingerprint density at radius 2 is 1.79 bits per heavy atom. The summed E-state index contributed by atoms with van der Waals surface area (Å²) < 4.78 is 21.3. The van der Waals surface area contributed by atoms with E-state index in [0.29, 0.717) is 37.4 Å². The maximum atomic E-state index is 12.2. The van der Waals surface area contributed by atoms with Gasteiger partial charge in [0.2, 0.25) is 0 Å². The van der Waals surface area contributed by atoms with Crippen LogP contribution in [0.15, 0.2) is 24.3 Å². The van der Waals surface area contributed by atoms with Crippen LogP contribution in [0.3, 0.4) is 0 Å². The highest BCUT2D eigenvalue weighted by Gasteiger charge is 2.28. The highest BCUT2D eigenvalue weighted by Crippen LogP contribution is 2.25. The molecule has 2 rings (SSSR count). The van der Waals surface area contributed by atoms with E-state index in [1.54, 1.807) is 43.4 Å². The fraction of sp³-hybridized carbons (Fsp3) is 0.524. The third-order valence-corrected chi connectivity index (χ3v) is 4.21. The zero-order chi connectivity index (χ0) is 20.7. The minimum absolute atomic E-state index is 0.219. The summed E-state index contributed by atoms with van der Waals surface area (Å²) in [6.45, 7) is 6.51. The summed E-state index contributed by atoms with van der Waals surface area (Å²) in [7, 11) is 3.14. The molecule has 1 aliphatic rings. The van der Waals surface area contributed by atoms with E-state index in [0.717, 1.165) is 5.56 Å². The van der Waals surface area contributed by atoms with Gasteiger partial charge < -0.3 is 23.8 Å². The molecule has 1 aromatic carbocycles. The lowest BCUT2D eigenvalue weighted by molar-refractivity contribution is -0.144. The number of benzene rings is 1. The lowest BCUT2D eigenvalue weighted by atomic mass is 10.1. The standard InChI is InChI=1S/C21H29NO6/c1-21(2,3)28-20(24)22-12-10-16(11-13-22)27-19(23)9-6-15-14-17(25-4)7-8-18(15)26-5/h6-9,14,16H,10-13H2,1-5H3/b9-6+. The first kappa shape index (κ1) is 21.6. The number of piperidine rings is 1. The van der Waals surface area contributed by atoms with Gasteiger partial charge in [-0.3, -0.25) is 0 Å². The number of carbonyl (C=O) groups excluding carboxylic acids is 2. The van der Waals surface area contributed by atoms with Crippen LogP contribution in [-0.2, 0) is 14.3 Å². The van der Waals surface area contributed by atoms with E-state index < -0.39 is 11.6 Å². The predicted molar refractivity (Wildman–Crippen MR) is 106 cm³/mol. The molecule has 0 bridgehead atoms. The zero-order valence-electron chi connectivity index (χ0n) is 17.2. The second-order valence-corrected chi connectivity index (χ2v) is 7.54. The van der Waals surface area contributed by atoms with E-state index in [4.69, 9.17) is 18.9 Å². The van der Waals surface area contributed by atoms with Gasteiger partial charge >= 0.3 is 12.1 Å². The van der Waals surface area contributed by atoms with Crippen LogP contribution >= 0.6 is 0 Å². The van der Waals surface area contributed by atoms with Crippen molar-refractivity contribution in [3.05, 3.63) is 29.8 Å². The summed E-state index contributed by atoms with van der Waals surface area (Å²) in [5.74, 6) is 0.874. The molecule has 1 heterocycles. The van der Waals surface area contributed by atoms with Gasteiger partial charge in [-0.05, 0) is 45.0 Å². The van der Waals surface area contributed by atoms with E-state index >= 15 is 0 Å². The Morgan fingerprint density at radius 1 is 1.11 bits per heavy atom. The van der Waals surface area contributed by atoms with Gasteiger partial charge in [-0.15, -0.1) is 0 Å². The summed E-state index contributed by atoms with van der Waals surface area (Å²) in [6.07, 6.45) is 3.63. The van der Waals surface area contributed by atoms with Crippen molar-refractivity contribution in [2.45, 2.75) is 45.3 Å². The van der Waals surface area contributed by atoms with E-state index in [1.807, 2.05) is 20.8 Å². The number of likely N-dealkylation sites (tertiary alicyclic amines) is 1. The molecule has 1 aliphatic heterocycles. The van der Waals surface area contributed by atoms with Gasteiger partial charge in [0, 0.05) is 37.6 Å². The zero-order valence-corrected chi connectivity index (χ0v) is 17.2. The Bertz CT molecular complexity index is 714. The van der Waals surface area contributed by atoms with Gasteiger partial charge in [0.1, 0.15) is 23.2 Å². The molecule has 1 amide bonds. The molecule has 0 aliphatic carbocycles. The first-order chi connectivity index (χ1) is 13.2. The molecule has 1 aromatic rings. The van der Waals surface area contributed by atoms with Gasteiger partial charge in [0.25, 0.3) is 0 Å². The highest BCUT2D eigenvalue weighted by atomic mass is 16.6. The molecule has 1 fully saturated rings. The Labute approximate surface area is 166 Å². The Kier molecular flexibility index (Phi) is 7.31. The molecule has 7 heteroatoms. The van der Waals surface area contributed by atoms with Crippen LogP contribution in [0.2, 0.25) is 0 Å². The summed E-state index contributed by atoms with van der Waals surface area (Å²) in [5.41, 5.74) is 0.199. The average Bonchev–Trinajstić information content (AvgIpc) is 2.65. The Balaban J connectivity index is 1.86. The van der Waals surface area contributed by atoms with E-state index in [-0.39, 0.29) is 12.2 Å². The number of methoxy groups -OCH3 is 2. The normalized spacial score (nSPS) is 15.4. The number of hydrogen-bond donors (Lipinski definition) is 0. The van der Waals surface area contributed by atoms with Crippen molar-refractivity contribution in [3.8, 4) is 11.5 Å². The smallest absolute Gasteiger partial charge is 0.410 e. The molecule has 0 aromatic heterocycles. The van der Waals surface area contributed by atoms with Crippen LogP contribution in [0.5, 0.6) is 11.5 Å². The largest absolute Gasteiger partial charge is 0.497 e. The minimum Gasteiger partial charge on any atom is -0.497 e. The molecule has 0 spiro atoms. The van der Waals surface area contributed by atoms with Gasteiger partial charge in [-0.2, -0.15) is 0 Å². The van der Waals surface area contributed by atoms with E-state index in [9.17, 15) is 9.59 Å². The second kappa shape index (κ2) is 9.48. The van der Waals surface area contributed by atoms with Gasteiger partial charge in [0.05, 0.1) is 14.2 Å². The molecule has 0 N–H and O–H groups in total. The lowest BCUT2D eigenvalue weighted by Gasteiger charge is -2.33. The van der Waals surface area contributed by atoms with Crippen molar-refractivity contribution in [1.82, 2.24) is 4.90 Å². The van der Waals surface area contributed by atoms with Crippen LogP contribution in [0.25, 0.3) is 6.08 Å². The van der Waals surface area contributed by atoms with Crippen molar-refractivity contribution in [3.63, 3.8) is 0 Å². The third kappa shape index (κ3) is 6.48.